The van der Waals surface area contributed by atoms with Gasteiger partial charge in [0.15, 0.2) is 0 Å². The van der Waals surface area contributed by atoms with Crippen molar-refractivity contribution in [2.24, 2.45) is 0 Å². The smallest absolute Gasteiger partial charge is 0.124 e. The van der Waals surface area contributed by atoms with Crippen molar-refractivity contribution in [2.75, 3.05) is 32.8 Å². The highest BCUT2D eigenvalue weighted by Gasteiger charge is 2.26. The maximum atomic E-state index is 13.5. The summed E-state index contributed by atoms with van der Waals surface area (Å²) < 4.78 is 20.4. The second kappa shape index (κ2) is 8.79. The molecule has 0 saturated carbocycles. The van der Waals surface area contributed by atoms with Crippen LogP contribution >= 0.6 is 15.9 Å². The molecule has 1 heterocycles. The fourth-order valence-electron chi connectivity index (χ4n) is 3.38. The van der Waals surface area contributed by atoms with Gasteiger partial charge in [-0.1, -0.05) is 28.1 Å². The molecule has 1 N–H and O–H groups in total. The molecule has 1 fully saturated rings. The molecule has 1 unspecified atom stereocenters. The average molecular weight is 407 g/mol. The van der Waals surface area contributed by atoms with E-state index >= 15 is 0 Å². The Bertz CT molecular complexity index is 685. The highest BCUT2D eigenvalue weighted by molar-refractivity contribution is 9.10. The van der Waals surface area contributed by atoms with Gasteiger partial charge in [0.1, 0.15) is 11.6 Å². The second-order valence-corrected chi connectivity index (χ2v) is 7.12. The summed E-state index contributed by atoms with van der Waals surface area (Å²) in [5.41, 5.74) is 2.20. The number of ether oxygens (including phenoxy) is 1. The van der Waals surface area contributed by atoms with Crippen molar-refractivity contribution in [1.82, 2.24) is 10.2 Å². The van der Waals surface area contributed by atoms with Gasteiger partial charge in [0.2, 0.25) is 0 Å². The lowest BCUT2D eigenvalue weighted by Crippen LogP contribution is -2.33. The fourth-order valence-corrected chi connectivity index (χ4v) is 3.76. The molecule has 2 aromatic rings. The maximum absolute atomic E-state index is 13.5. The van der Waals surface area contributed by atoms with Gasteiger partial charge in [-0.05, 0) is 55.8 Å². The van der Waals surface area contributed by atoms with Gasteiger partial charge in [0.05, 0.1) is 12.6 Å². The van der Waals surface area contributed by atoms with Gasteiger partial charge >= 0.3 is 0 Å². The van der Waals surface area contributed by atoms with E-state index in [2.05, 4.69) is 32.2 Å². The molecule has 0 radical (unpaired) electrons. The van der Waals surface area contributed by atoms with Crippen molar-refractivity contribution >= 4 is 15.9 Å². The Kier molecular flexibility index (Phi) is 6.45. The van der Waals surface area contributed by atoms with Crippen LogP contribution < -0.4 is 10.1 Å². The van der Waals surface area contributed by atoms with Crippen LogP contribution in [0.3, 0.4) is 0 Å². The Morgan fingerprint density at radius 3 is 2.72 bits per heavy atom. The van der Waals surface area contributed by atoms with Crippen LogP contribution in [0.2, 0.25) is 0 Å². The Morgan fingerprint density at radius 2 is 1.96 bits per heavy atom. The van der Waals surface area contributed by atoms with Gasteiger partial charge in [0, 0.05) is 29.7 Å². The molecule has 1 aliphatic rings. The van der Waals surface area contributed by atoms with E-state index < -0.39 is 0 Å². The molecule has 25 heavy (non-hydrogen) atoms. The molecule has 0 spiro atoms. The zero-order valence-corrected chi connectivity index (χ0v) is 16.1. The lowest BCUT2D eigenvalue weighted by Gasteiger charge is -2.32. The maximum Gasteiger partial charge on any atom is 0.124 e. The summed E-state index contributed by atoms with van der Waals surface area (Å²) in [6.45, 7) is 6.53. The molecule has 0 amide bonds. The van der Waals surface area contributed by atoms with Gasteiger partial charge in [-0.25, -0.2) is 4.39 Å². The SMILES string of the molecule is CCOc1ccc(Br)cc1C(c1ccc(F)cc1)N1CCCNCC1. The van der Waals surface area contributed by atoms with Crippen LogP contribution in [0.4, 0.5) is 4.39 Å². The molecular weight excluding hydrogens is 383 g/mol. The normalized spacial score (nSPS) is 17.1. The van der Waals surface area contributed by atoms with Crippen molar-refractivity contribution < 1.29 is 9.13 Å². The largest absolute Gasteiger partial charge is 0.494 e. The molecule has 5 heteroatoms. The minimum absolute atomic E-state index is 0.0412. The highest BCUT2D eigenvalue weighted by Crippen LogP contribution is 2.37. The molecule has 3 nitrogen and oxygen atoms in total. The van der Waals surface area contributed by atoms with Gasteiger partial charge in [0.25, 0.3) is 0 Å². The van der Waals surface area contributed by atoms with Crippen LogP contribution in [0.25, 0.3) is 0 Å². The predicted octanol–water partition coefficient (Wildman–Crippen LogP) is 4.37. The molecule has 1 aliphatic heterocycles. The van der Waals surface area contributed by atoms with Gasteiger partial charge in [-0.2, -0.15) is 0 Å². The molecule has 3 rings (SSSR count). The van der Waals surface area contributed by atoms with Crippen LogP contribution in [0.15, 0.2) is 46.9 Å². The van der Waals surface area contributed by atoms with Crippen LogP contribution in [-0.4, -0.2) is 37.7 Å². The van der Waals surface area contributed by atoms with Gasteiger partial charge in [-0.15, -0.1) is 0 Å². The fraction of sp³-hybridized carbons (Fsp3) is 0.400. The first-order valence-corrected chi connectivity index (χ1v) is 9.61. The van der Waals surface area contributed by atoms with Gasteiger partial charge in [-0.3, -0.25) is 4.90 Å². The molecule has 1 saturated heterocycles. The number of nitrogens with one attached hydrogen (secondary N) is 1. The van der Waals surface area contributed by atoms with Crippen molar-refractivity contribution in [3.05, 3.63) is 63.9 Å². The average Bonchev–Trinajstić information content (AvgIpc) is 2.89. The van der Waals surface area contributed by atoms with Crippen molar-refractivity contribution in [2.45, 2.75) is 19.4 Å². The molecule has 1 atom stereocenters. The minimum Gasteiger partial charge on any atom is -0.494 e. The van der Waals surface area contributed by atoms with Crippen LogP contribution in [0, 0.1) is 5.82 Å². The lowest BCUT2D eigenvalue weighted by molar-refractivity contribution is 0.233. The van der Waals surface area contributed by atoms with Crippen LogP contribution in [0.1, 0.15) is 30.5 Å². The summed E-state index contributed by atoms with van der Waals surface area (Å²) in [6, 6.07) is 13.0. The third-order valence-electron chi connectivity index (χ3n) is 4.49. The lowest BCUT2D eigenvalue weighted by atomic mass is 9.95. The molecule has 2 aromatic carbocycles. The van der Waals surface area contributed by atoms with E-state index in [-0.39, 0.29) is 11.9 Å². The van der Waals surface area contributed by atoms with E-state index in [1.807, 2.05) is 31.2 Å². The van der Waals surface area contributed by atoms with E-state index in [9.17, 15) is 4.39 Å². The topological polar surface area (TPSA) is 24.5 Å². The third kappa shape index (κ3) is 4.60. The van der Waals surface area contributed by atoms with Gasteiger partial charge < -0.3 is 10.1 Å². The van der Waals surface area contributed by atoms with E-state index in [1.165, 1.54) is 12.1 Å². The number of hydrogen-bond acceptors (Lipinski definition) is 3. The predicted molar refractivity (Wildman–Crippen MR) is 103 cm³/mol. The first-order chi connectivity index (χ1) is 12.2. The van der Waals surface area contributed by atoms with Crippen molar-refractivity contribution in [3.63, 3.8) is 0 Å². The monoisotopic (exact) mass is 406 g/mol. The van der Waals surface area contributed by atoms with E-state index in [0.717, 1.165) is 53.9 Å². The summed E-state index contributed by atoms with van der Waals surface area (Å²) in [7, 11) is 0. The van der Waals surface area contributed by atoms with Crippen LogP contribution in [0.5, 0.6) is 5.75 Å². The number of rotatable bonds is 5. The molecule has 134 valence electrons. The van der Waals surface area contributed by atoms with Crippen molar-refractivity contribution in [1.29, 1.82) is 0 Å². The Balaban J connectivity index is 2.06. The number of benzene rings is 2. The third-order valence-corrected chi connectivity index (χ3v) is 4.99. The number of hydrogen-bond donors (Lipinski definition) is 1. The van der Waals surface area contributed by atoms with Crippen LogP contribution in [-0.2, 0) is 0 Å². The zero-order valence-electron chi connectivity index (χ0n) is 14.5. The summed E-state index contributed by atoms with van der Waals surface area (Å²) in [5.74, 6) is 0.677. The molecule has 0 aromatic heterocycles. The molecule has 0 aliphatic carbocycles. The Hall–Kier alpha value is -1.43. The Labute approximate surface area is 157 Å². The first-order valence-electron chi connectivity index (χ1n) is 8.81. The standard InChI is InChI=1S/C20H24BrFN2O/c1-2-25-19-9-6-16(21)14-18(19)20(15-4-7-17(22)8-5-15)24-12-3-10-23-11-13-24/h4-9,14,20,23H,2-3,10-13H2,1H3. The summed E-state index contributed by atoms with van der Waals surface area (Å²) in [4.78, 5) is 2.46. The quantitative estimate of drug-likeness (QED) is 0.797. The summed E-state index contributed by atoms with van der Waals surface area (Å²) >= 11 is 3.59. The molecule has 0 bridgehead atoms. The van der Waals surface area contributed by atoms with E-state index in [0.29, 0.717) is 6.61 Å². The minimum atomic E-state index is -0.209. The summed E-state index contributed by atoms with van der Waals surface area (Å²) in [6.07, 6.45) is 1.09. The Morgan fingerprint density at radius 1 is 1.16 bits per heavy atom. The first kappa shape index (κ1) is 18.4. The number of nitrogens with zero attached hydrogens (tertiary/aromatic N) is 1. The number of halogens is 2. The van der Waals surface area contributed by atoms with E-state index in [4.69, 9.17) is 4.74 Å². The highest BCUT2D eigenvalue weighted by atomic mass is 79.9. The zero-order chi connectivity index (χ0) is 17.6. The molecular formula is C20H24BrFN2O. The second-order valence-electron chi connectivity index (χ2n) is 6.21. The van der Waals surface area contributed by atoms with Crippen molar-refractivity contribution in [3.8, 4) is 5.75 Å². The summed E-state index contributed by atoms with van der Waals surface area (Å²) in [5, 5.41) is 3.45. The van der Waals surface area contributed by atoms with E-state index in [1.54, 1.807) is 0 Å².